The van der Waals surface area contributed by atoms with Crippen molar-refractivity contribution in [2.45, 2.75) is 38.8 Å². The van der Waals surface area contributed by atoms with Crippen LogP contribution in [0.1, 0.15) is 27.2 Å². The summed E-state index contributed by atoms with van der Waals surface area (Å²) in [5, 5.41) is 0. The van der Waals surface area contributed by atoms with Gasteiger partial charge in [0, 0.05) is 12.1 Å². The summed E-state index contributed by atoms with van der Waals surface area (Å²) >= 11 is 0. The first-order chi connectivity index (χ1) is 5.81. The summed E-state index contributed by atoms with van der Waals surface area (Å²) in [6, 6.07) is -0.573. The maximum Gasteiger partial charge on any atom is 0.235 e. The largest absolute Gasteiger partial charge is 0.368 e. The third-order valence-electron chi connectivity index (χ3n) is 2.73. The minimum Gasteiger partial charge on any atom is -0.368 e. The van der Waals surface area contributed by atoms with Gasteiger partial charge in [-0.1, -0.05) is 6.92 Å². The molecule has 0 aliphatic heterocycles. The second kappa shape index (κ2) is 4.58. The van der Waals surface area contributed by atoms with Crippen molar-refractivity contribution in [2.75, 3.05) is 13.6 Å². The van der Waals surface area contributed by atoms with E-state index in [1.54, 1.807) is 0 Å². The van der Waals surface area contributed by atoms with E-state index in [9.17, 15) is 4.79 Å². The molecule has 0 rings (SSSR count). The van der Waals surface area contributed by atoms with Crippen molar-refractivity contribution in [3.8, 4) is 0 Å². The first-order valence-corrected chi connectivity index (χ1v) is 4.57. The van der Waals surface area contributed by atoms with Crippen LogP contribution in [0.4, 0.5) is 0 Å². The summed E-state index contributed by atoms with van der Waals surface area (Å²) in [7, 11) is 1.95. The van der Waals surface area contributed by atoms with E-state index in [4.69, 9.17) is 11.5 Å². The van der Waals surface area contributed by atoms with E-state index in [1.807, 2.05) is 7.05 Å². The van der Waals surface area contributed by atoms with Gasteiger partial charge in [0.25, 0.3) is 0 Å². The fourth-order valence-electron chi connectivity index (χ4n) is 0.902. The molecule has 1 unspecified atom stereocenters. The minimum absolute atomic E-state index is 0.0626. The van der Waals surface area contributed by atoms with Crippen molar-refractivity contribution in [2.24, 2.45) is 11.5 Å². The second-order valence-electron chi connectivity index (χ2n) is 4.06. The number of carbonyl (C=O) groups excluding carboxylic acids is 1. The van der Waals surface area contributed by atoms with Crippen LogP contribution in [0.15, 0.2) is 0 Å². The molecule has 0 radical (unpaired) electrons. The zero-order chi connectivity index (χ0) is 10.6. The molecule has 4 N–H and O–H groups in total. The standard InChI is InChI=1S/C9H21N3O/c1-5-9(2,3)12(4)6-7(10)8(11)13/h7H,5-6,10H2,1-4H3,(H2,11,13). The smallest absolute Gasteiger partial charge is 0.235 e. The average Bonchev–Trinajstić information content (AvgIpc) is 2.04. The number of primary amides is 1. The molecule has 0 aromatic rings. The third-order valence-corrected chi connectivity index (χ3v) is 2.73. The van der Waals surface area contributed by atoms with Crippen LogP contribution in [-0.2, 0) is 4.79 Å². The van der Waals surface area contributed by atoms with Gasteiger partial charge in [0.2, 0.25) is 5.91 Å². The van der Waals surface area contributed by atoms with E-state index >= 15 is 0 Å². The quantitative estimate of drug-likeness (QED) is 0.632. The molecule has 1 amide bonds. The lowest BCUT2D eigenvalue weighted by molar-refractivity contribution is -0.119. The molecule has 78 valence electrons. The van der Waals surface area contributed by atoms with Crippen LogP contribution in [-0.4, -0.2) is 36.0 Å². The zero-order valence-electron chi connectivity index (χ0n) is 9.00. The Balaban J connectivity index is 4.14. The van der Waals surface area contributed by atoms with Crippen molar-refractivity contribution in [1.29, 1.82) is 0 Å². The lowest BCUT2D eigenvalue weighted by Gasteiger charge is -2.35. The summed E-state index contributed by atoms with van der Waals surface area (Å²) in [5.41, 5.74) is 10.7. The van der Waals surface area contributed by atoms with E-state index in [-0.39, 0.29) is 5.54 Å². The fourth-order valence-corrected chi connectivity index (χ4v) is 0.902. The molecule has 4 nitrogen and oxygen atoms in total. The summed E-state index contributed by atoms with van der Waals surface area (Å²) in [4.78, 5) is 12.8. The number of hydrogen-bond acceptors (Lipinski definition) is 3. The van der Waals surface area contributed by atoms with E-state index in [0.717, 1.165) is 6.42 Å². The first kappa shape index (κ1) is 12.4. The fraction of sp³-hybridized carbons (Fsp3) is 0.889. The predicted octanol–water partition coefficient (Wildman–Crippen LogP) is -0.0806. The van der Waals surface area contributed by atoms with Gasteiger partial charge in [-0.3, -0.25) is 9.69 Å². The van der Waals surface area contributed by atoms with Gasteiger partial charge in [-0.15, -0.1) is 0 Å². The normalized spacial score (nSPS) is 14.6. The highest BCUT2D eigenvalue weighted by Crippen LogP contribution is 2.15. The number of amides is 1. The Morgan fingerprint density at radius 3 is 2.31 bits per heavy atom. The summed E-state index contributed by atoms with van der Waals surface area (Å²) in [6.45, 7) is 6.84. The highest BCUT2D eigenvalue weighted by atomic mass is 16.1. The maximum absolute atomic E-state index is 10.7. The summed E-state index contributed by atoms with van der Waals surface area (Å²) in [5.74, 6) is -0.446. The molecule has 0 bridgehead atoms. The van der Waals surface area contributed by atoms with Gasteiger partial charge in [-0.25, -0.2) is 0 Å². The molecule has 0 saturated carbocycles. The maximum atomic E-state index is 10.7. The summed E-state index contributed by atoms with van der Waals surface area (Å²) in [6.07, 6.45) is 1.01. The highest BCUT2D eigenvalue weighted by Gasteiger charge is 2.23. The van der Waals surface area contributed by atoms with E-state index in [0.29, 0.717) is 6.54 Å². The molecule has 0 spiro atoms. The Kier molecular flexibility index (Phi) is 4.36. The van der Waals surface area contributed by atoms with Gasteiger partial charge in [0.15, 0.2) is 0 Å². The topological polar surface area (TPSA) is 72.3 Å². The number of nitrogens with two attached hydrogens (primary N) is 2. The molecular weight excluding hydrogens is 166 g/mol. The van der Waals surface area contributed by atoms with Crippen LogP contribution in [0.5, 0.6) is 0 Å². The number of nitrogens with zero attached hydrogens (tertiary/aromatic N) is 1. The predicted molar refractivity (Wildman–Crippen MR) is 54.2 cm³/mol. The van der Waals surface area contributed by atoms with Crippen molar-refractivity contribution >= 4 is 5.91 Å². The SMILES string of the molecule is CCC(C)(C)N(C)CC(N)C(N)=O. The molecule has 13 heavy (non-hydrogen) atoms. The lowest BCUT2D eigenvalue weighted by atomic mass is 9.99. The van der Waals surface area contributed by atoms with Crippen molar-refractivity contribution in [3.05, 3.63) is 0 Å². The van der Waals surface area contributed by atoms with Crippen LogP contribution in [0.3, 0.4) is 0 Å². The van der Waals surface area contributed by atoms with Gasteiger partial charge in [-0.05, 0) is 27.3 Å². The van der Waals surface area contributed by atoms with Crippen molar-refractivity contribution in [1.82, 2.24) is 4.90 Å². The highest BCUT2D eigenvalue weighted by molar-refractivity contribution is 5.79. The van der Waals surface area contributed by atoms with E-state index < -0.39 is 11.9 Å². The molecule has 0 heterocycles. The van der Waals surface area contributed by atoms with Crippen molar-refractivity contribution < 1.29 is 4.79 Å². The first-order valence-electron chi connectivity index (χ1n) is 4.57. The Morgan fingerprint density at radius 2 is 2.00 bits per heavy atom. The number of carbonyl (C=O) groups is 1. The van der Waals surface area contributed by atoms with Gasteiger partial charge >= 0.3 is 0 Å². The van der Waals surface area contributed by atoms with Crippen LogP contribution in [0, 0.1) is 0 Å². The van der Waals surface area contributed by atoms with Gasteiger partial charge < -0.3 is 11.5 Å². The Bertz CT molecular complexity index is 180. The Hall–Kier alpha value is -0.610. The van der Waals surface area contributed by atoms with Crippen LogP contribution < -0.4 is 11.5 Å². The second-order valence-corrected chi connectivity index (χ2v) is 4.06. The Morgan fingerprint density at radius 1 is 1.54 bits per heavy atom. The Labute approximate surface area is 80.3 Å². The van der Waals surface area contributed by atoms with Gasteiger partial charge in [0.1, 0.15) is 0 Å². The molecule has 1 atom stereocenters. The van der Waals surface area contributed by atoms with Crippen LogP contribution in [0.2, 0.25) is 0 Å². The molecule has 0 saturated heterocycles. The molecular formula is C9H21N3O. The monoisotopic (exact) mass is 187 g/mol. The van der Waals surface area contributed by atoms with Crippen molar-refractivity contribution in [3.63, 3.8) is 0 Å². The van der Waals surface area contributed by atoms with E-state index in [2.05, 4.69) is 25.7 Å². The molecule has 0 aromatic heterocycles. The number of hydrogen-bond donors (Lipinski definition) is 2. The minimum atomic E-state index is -0.573. The molecule has 0 aliphatic carbocycles. The molecule has 0 aromatic carbocycles. The third kappa shape index (κ3) is 3.74. The van der Waals surface area contributed by atoms with Gasteiger partial charge in [-0.2, -0.15) is 0 Å². The van der Waals surface area contributed by atoms with Gasteiger partial charge in [0.05, 0.1) is 6.04 Å². The molecule has 4 heteroatoms. The van der Waals surface area contributed by atoms with E-state index in [1.165, 1.54) is 0 Å². The molecule has 0 aliphatic rings. The lowest BCUT2D eigenvalue weighted by Crippen LogP contribution is -2.51. The number of likely N-dealkylation sites (N-methyl/N-ethyl adjacent to an activating group) is 1. The average molecular weight is 187 g/mol. The van der Waals surface area contributed by atoms with Crippen LogP contribution in [0.25, 0.3) is 0 Å². The molecule has 0 fully saturated rings. The van der Waals surface area contributed by atoms with Crippen LogP contribution >= 0.6 is 0 Å². The number of rotatable bonds is 5. The summed E-state index contributed by atoms with van der Waals surface area (Å²) < 4.78 is 0. The zero-order valence-corrected chi connectivity index (χ0v) is 9.00.